The van der Waals surface area contributed by atoms with Gasteiger partial charge in [-0.15, -0.1) is 0 Å². The standard InChI is InChI=1S/C25H31Cl2NO5/c1-17(2)33-21-6-4-5-19(15-21)16-24(31)28(12-14-32-18(3)30)11-9-20-7-8-23(26)25(27)22(20)10-13-29/h4-8,15,17,29H,9-14,16H2,1-3H3. The minimum atomic E-state index is -0.393. The van der Waals surface area contributed by atoms with E-state index in [1.807, 2.05) is 44.2 Å². The lowest BCUT2D eigenvalue weighted by Gasteiger charge is -2.24. The van der Waals surface area contributed by atoms with Crippen molar-refractivity contribution in [2.75, 3.05) is 26.3 Å². The maximum atomic E-state index is 13.1. The number of halogens is 2. The van der Waals surface area contributed by atoms with Gasteiger partial charge in [-0.25, -0.2) is 0 Å². The Kier molecular flexibility index (Phi) is 11.0. The molecule has 0 unspecified atom stereocenters. The molecule has 1 amide bonds. The zero-order chi connectivity index (χ0) is 24.4. The summed E-state index contributed by atoms with van der Waals surface area (Å²) in [5, 5.41) is 10.3. The van der Waals surface area contributed by atoms with E-state index in [1.54, 1.807) is 11.0 Å². The van der Waals surface area contributed by atoms with Crippen LogP contribution in [-0.4, -0.2) is 54.3 Å². The van der Waals surface area contributed by atoms with Crippen molar-refractivity contribution in [1.29, 1.82) is 0 Å². The van der Waals surface area contributed by atoms with Crippen LogP contribution in [0.15, 0.2) is 36.4 Å². The predicted molar refractivity (Wildman–Crippen MR) is 130 cm³/mol. The van der Waals surface area contributed by atoms with Crippen molar-refractivity contribution in [2.45, 2.75) is 46.1 Å². The van der Waals surface area contributed by atoms with Crippen LogP contribution in [0.5, 0.6) is 5.75 Å². The highest BCUT2D eigenvalue weighted by molar-refractivity contribution is 6.42. The summed E-state index contributed by atoms with van der Waals surface area (Å²) in [7, 11) is 0. The zero-order valence-corrected chi connectivity index (χ0v) is 20.8. The number of esters is 1. The Morgan fingerprint density at radius 2 is 1.85 bits per heavy atom. The number of hydrogen-bond donors (Lipinski definition) is 1. The first-order valence-corrected chi connectivity index (χ1v) is 11.7. The van der Waals surface area contributed by atoms with Crippen molar-refractivity contribution >= 4 is 35.1 Å². The molecule has 0 fully saturated rings. The quantitative estimate of drug-likeness (QED) is 0.439. The zero-order valence-electron chi connectivity index (χ0n) is 19.3. The fourth-order valence-corrected chi connectivity index (χ4v) is 3.91. The average Bonchev–Trinajstić information content (AvgIpc) is 2.74. The summed E-state index contributed by atoms with van der Waals surface area (Å²) < 4.78 is 10.8. The van der Waals surface area contributed by atoms with Gasteiger partial charge in [0.1, 0.15) is 12.4 Å². The Morgan fingerprint density at radius 3 is 2.52 bits per heavy atom. The van der Waals surface area contributed by atoms with E-state index in [4.69, 9.17) is 32.7 Å². The lowest BCUT2D eigenvalue weighted by atomic mass is 10.0. The second-order valence-corrected chi connectivity index (χ2v) is 8.72. The van der Waals surface area contributed by atoms with E-state index in [-0.39, 0.29) is 38.2 Å². The Hall–Kier alpha value is -2.28. The van der Waals surface area contributed by atoms with E-state index in [9.17, 15) is 14.7 Å². The number of aliphatic hydroxyl groups excluding tert-OH is 1. The fraction of sp³-hybridized carbons (Fsp3) is 0.440. The highest BCUT2D eigenvalue weighted by Crippen LogP contribution is 2.29. The van der Waals surface area contributed by atoms with Crippen LogP contribution in [-0.2, 0) is 33.6 Å². The highest BCUT2D eigenvalue weighted by Gasteiger charge is 2.17. The summed E-state index contributed by atoms with van der Waals surface area (Å²) in [4.78, 5) is 26.0. The molecule has 0 saturated carbocycles. The number of carbonyl (C=O) groups is 2. The van der Waals surface area contributed by atoms with Crippen LogP contribution >= 0.6 is 23.2 Å². The van der Waals surface area contributed by atoms with Crippen LogP contribution in [0.1, 0.15) is 37.5 Å². The molecule has 2 rings (SSSR count). The molecule has 0 bridgehead atoms. The molecule has 0 heterocycles. The van der Waals surface area contributed by atoms with Crippen molar-refractivity contribution < 1.29 is 24.2 Å². The van der Waals surface area contributed by atoms with Crippen molar-refractivity contribution in [3.05, 3.63) is 63.1 Å². The predicted octanol–water partition coefficient (Wildman–Crippen LogP) is 4.49. The van der Waals surface area contributed by atoms with Crippen LogP contribution in [0.2, 0.25) is 10.0 Å². The van der Waals surface area contributed by atoms with Gasteiger partial charge in [0.05, 0.1) is 29.1 Å². The molecule has 2 aromatic rings. The number of nitrogens with zero attached hydrogens (tertiary/aromatic N) is 1. The second-order valence-electron chi connectivity index (χ2n) is 7.93. The van der Waals surface area contributed by atoms with E-state index < -0.39 is 5.97 Å². The number of ether oxygens (including phenoxy) is 2. The van der Waals surface area contributed by atoms with Gasteiger partial charge in [-0.2, -0.15) is 0 Å². The Bertz CT molecular complexity index is 948. The molecule has 180 valence electrons. The monoisotopic (exact) mass is 495 g/mol. The molecular weight excluding hydrogens is 465 g/mol. The van der Waals surface area contributed by atoms with Crippen molar-refractivity contribution in [2.24, 2.45) is 0 Å². The van der Waals surface area contributed by atoms with Gasteiger partial charge in [-0.3, -0.25) is 9.59 Å². The van der Waals surface area contributed by atoms with Crippen LogP contribution in [0.3, 0.4) is 0 Å². The van der Waals surface area contributed by atoms with E-state index in [1.165, 1.54) is 6.92 Å². The van der Waals surface area contributed by atoms with Gasteiger partial charge in [-0.05, 0) is 61.6 Å². The van der Waals surface area contributed by atoms with E-state index >= 15 is 0 Å². The summed E-state index contributed by atoms with van der Waals surface area (Å²) in [5.41, 5.74) is 2.53. The number of aliphatic hydroxyl groups is 1. The minimum Gasteiger partial charge on any atom is -0.491 e. The smallest absolute Gasteiger partial charge is 0.302 e. The molecule has 0 aromatic heterocycles. The van der Waals surface area contributed by atoms with Crippen LogP contribution < -0.4 is 4.74 Å². The number of hydrogen-bond acceptors (Lipinski definition) is 5. The summed E-state index contributed by atoms with van der Waals surface area (Å²) in [6, 6.07) is 11.0. The lowest BCUT2D eigenvalue weighted by molar-refractivity contribution is -0.143. The Labute approximate surface area is 205 Å². The van der Waals surface area contributed by atoms with Crippen LogP contribution in [0.4, 0.5) is 0 Å². The molecule has 0 atom stereocenters. The van der Waals surface area contributed by atoms with Crippen molar-refractivity contribution in [3.8, 4) is 5.75 Å². The van der Waals surface area contributed by atoms with Gasteiger partial charge in [0, 0.05) is 20.1 Å². The van der Waals surface area contributed by atoms with Gasteiger partial charge in [0.15, 0.2) is 0 Å². The molecule has 33 heavy (non-hydrogen) atoms. The summed E-state index contributed by atoms with van der Waals surface area (Å²) in [6.45, 7) is 5.96. The normalized spacial score (nSPS) is 10.9. The molecule has 0 saturated heterocycles. The van der Waals surface area contributed by atoms with Gasteiger partial charge in [-0.1, -0.05) is 41.4 Å². The second kappa shape index (κ2) is 13.4. The van der Waals surface area contributed by atoms with Gasteiger partial charge in [0.25, 0.3) is 0 Å². The molecule has 0 aliphatic rings. The Balaban J connectivity index is 2.15. The molecule has 0 radical (unpaired) electrons. The lowest BCUT2D eigenvalue weighted by Crippen LogP contribution is -2.37. The average molecular weight is 496 g/mol. The topological polar surface area (TPSA) is 76.1 Å². The van der Waals surface area contributed by atoms with E-state index in [2.05, 4.69) is 0 Å². The molecule has 8 heteroatoms. The van der Waals surface area contributed by atoms with Crippen LogP contribution in [0, 0.1) is 0 Å². The third-order valence-electron chi connectivity index (χ3n) is 4.95. The summed E-state index contributed by atoms with van der Waals surface area (Å²) in [5.74, 6) is 0.231. The molecule has 0 spiro atoms. The van der Waals surface area contributed by atoms with E-state index in [0.29, 0.717) is 35.2 Å². The first kappa shape index (κ1) is 27.0. The molecule has 0 aliphatic heterocycles. The third-order valence-corrected chi connectivity index (χ3v) is 5.79. The SMILES string of the molecule is CC(=O)OCCN(CCc1ccc(Cl)c(Cl)c1CCO)C(=O)Cc1cccc(OC(C)C)c1. The summed E-state index contributed by atoms with van der Waals surface area (Å²) in [6.07, 6.45) is 1.13. The first-order valence-electron chi connectivity index (χ1n) is 10.9. The molecular formula is C25H31Cl2NO5. The number of amides is 1. The number of benzene rings is 2. The van der Waals surface area contributed by atoms with Crippen molar-refractivity contribution in [3.63, 3.8) is 0 Å². The molecule has 2 aromatic carbocycles. The number of rotatable bonds is 12. The minimum absolute atomic E-state index is 0.0375. The first-order chi connectivity index (χ1) is 15.7. The third kappa shape index (κ3) is 8.88. The van der Waals surface area contributed by atoms with Gasteiger partial charge in [0.2, 0.25) is 5.91 Å². The van der Waals surface area contributed by atoms with Gasteiger partial charge < -0.3 is 19.5 Å². The van der Waals surface area contributed by atoms with Crippen LogP contribution in [0.25, 0.3) is 0 Å². The Morgan fingerprint density at radius 1 is 1.09 bits per heavy atom. The van der Waals surface area contributed by atoms with Crippen molar-refractivity contribution in [1.82, 2.24) is 4.90 Å². The molecule has 1 N–H and O–H groups in total. The van der Waals surface area contributed by atoms with E-state index in [0.717, 1.165) is 16.7 Å². The fourth-order valence-electron chi connectivity index (χ4n) is 3.45. The largest absolute Gasteiger partial charge is 0.491 e. The highest BCUT2D eigenvalue weighted by atomic mass is 35.5. The molecule has 6 nitrogen and oxygen atoms in total. The van der Waals surface area contributed by atoms with Gasteiger partial charge >= 0.3 is 5.97 Å². The maximum absolute atomic E-state index is 13.1. The maximum Gasteiger partial charge on any atom is 0.302 e. The number of carbonyl (C=O) groups excluding carboxylic acids is 2. The summed E-state index contributed by atoms with van der Waals surface area (Å²) >= 11 is 12.5. The molecule has 0 aliphatic carbocycles.